The molecule has 0 aromatic carbocycles. The molecule has 0 radical (unpaired) electrons. The molecule has 0 amide bonds. The van der Waals surface area contributed by atoms with Gasteiger partial charge in [0.05, 0.1) is 0 Å². The SMILES string of the molecule is CC(C)C1CN(C2CCN(C)CC2)CCN1C. The van der Waals surface area contributed by atoms with E-state index in [9.17, 15) is 0 Å². The van der Waals surface area contributed by atoms with Gasteiger partial charge < -0.3 is 9.80 Å². The fourth-order valence-electron chi connectivity index (χ4n) is 3.33. The minimum Gasteiger partial charge on any atom is -0.306 e. The molecule has 2 rings (SSSR count). The van der Waals surface area contributed by atoms with Crippen LogP contribution in [0.2, 0.25) is 0 Å². The molecule has 2 heterocycles. The first-order valence-electron chi connectivity index (χ1n) is 7.20. The van der Waals surface area contributed by atoms with Crippen LogP contribution in [0, 0.1) is 5.92 Å². The van der Waals surface area contributed by atoms with Gasteiger partial charge in [-0.1, -0.05) is 13.8 Å². The van der Waals surface area contributed by atoms with Gasteiger partial charge in [0.1, 0.15) is 0 Å². The Morgan fingerprint density at radius 1 is 0.941 bits per heavy atom. The van der Waals surface area contributed by atoms with Crippen molar-refractivity contribution in [1.29, 1.82) is 0 Å². The molecule has 3 heteroatoms. The smallest absolute Gasteiger partial charge is 0.0243 e. The summed E-state index contributed by atoms with van der Waals surface area (Å²) in [5.41, 5.74) is 0. The quantitative estimate of drug-likeness (QED) is 0.720. The molecule has 2 fully saturated rings. The molecule has 0 aromatic rings. The van der Waals surface area contributed by atoms with Crippen LogP contribution in [0.25, 0.3) is 0 Å². The van der Waals surface area contributed by atoms with Crippen LogP contribution in [0.3, 0.4) is 0 Å². The van der Waals surface area contributed by atoms with E-state index in [1.54, 1.807) is 0 Å². The molecule has 0 N–H and O–H groups in total. The number of hydrogen-bond acceptors (Lipinski definition) is 3. The van der Waals surface area contributed by atoms with Gasteiger partial charge in [0, 0.05) is 31.7 Å². The highest BCUT2D eigenvalue weighted by Crippen LogP contribution is 2.22. The van der Waals surface area contributed by atoms with Crippen LogP contribution < -0.4 is 0 Å². The van der Waals surface area contributed by atoms with Crippen LogP contribution in [0.1, 0.15) is 26.7 Å². The lowest BCUT2D eigenvalue weighted by molar-refractivity contribution is 0.0248. The predicted molar refractivity (Wildman–Crippen MR) is 73.3 cm³/mol. The zero-order chi connectivity index (χ0) is 12.4. The third-order valence-corrected chi connectivity index (χ3v) is 4.70. The Balaban J connectivity index is 1.89. The van der Waals surface area contributed by atoms with Crippen molar-refractivity contribution in [3.05, 3.63) is 0 Å². The molecule has 17 heavy (non-hydrogen) atoms. The summed E-state index contributed by atoms with van der Waals surface area (Å²) in [5, 5.41) is 0. The van der Waals surface area contributed by atoms with Crippen LogP contribution in [0.15, 0.2) is 0 Å². The van der Waals surface area contributed by atoms with Gasteiger partial charge in [-0.05, 0) is 45.9 Å². The van der Waals surface area contributed by atoms with E-state index < -0.39 is 0 Å². The first-order valence-corrected chi connectivity index (χ1v) is 7.20. The van der Waals surface area contributed by atoms with Crippen molar-refractivity contribution in [2.75, 3.05) is 46.8 Å². The van der Waals surface area contributed by atoms with Crippen molar-refractivity contribution in [2.24, 2.45) is 5.92 Å². The van der Waals surface area contributed by atoms with E-state index >= 15 is 0 Å². The maximum Gasteiger partial charge on any atom is 0.0243 e. The number of likely N-dealkylation sites (N-methyl/N-ethyl adjacent to an activating group) is 1. The minimum atomic E-state index is 0.753. The first kappa shape index (κ1) is 13.3. The van der Waals surface area contributed by atoms with Gasteiger partial charge in [0.2, 0.25) is 0 Å². The maximum atomic E-state index is 2.76. The van der Waals surface area contributed by atoms with Gasteiger partial charge in [-0.3, -0.25) is 4.90 Å². The van der Waals surface area contributed by atoms with Crippen molar-refractivity contribution in [3.8, 4) is 0 Å². The van der Waals surface area contributed by atoms with E-state index in [1.165, 1.54) is 45.6 Å². The summed E-state index contributed by atoms with van der Waals surface area (Å²) in [7, 11) is 4.54. The molecule has 2 saturated heterocycles. The number of likely N-dealkylation sites (tertiary alicyclic amines) is 1. The molecule has 0 aromatic heterocycles. The van der Waals surface area contributed by atoms with Crippen LogP contribution in [-0.2, 0) is 0 Å². The van der Waals surface area contributed by atoms with E-state index in [-0.39, 0.29) is 0 Å². The van der Waals surface area contributed by atoms with Crippen LogP contribution >= 0.6 is 0 Å². The lowest BCUT2D eigenvalue weighted by Crippen LogP contribution is -2.57. The molecule has 3 nitrogen and oxygen atoms in total. The Hall–Kier alpha value is -0.120. The molecule has 0 aliphatic carbocycles. The average Bonchev–Trinajstić information content (AvgIpc) is 2.30. The largest absolute Gasteiger partial charge is 0.306 e. The Bertz CT molecular complexity index is 234. The van der Waals surface area contributed by atoms with Crippen molar-refractivity contribution in [2.45, 2.75) is 38.8 Å². The van der Waals surface area contributed by atoms with Crippen LogP contribution in [0.5, 0.6) is 0 Å². The summed E-state index contributed by atoms with van der Waals surface area (Å²) in [6, 6.07) is 1.60. The number of nitrogens with zero attached hydrogens (tertiary/aromatic N) is 3. The molecular formula is C14H29N3. The zero-order valence-electron chi connectivity index (χ0n) is 12.0. The van der Waals surface area contributed by atoms with E-state index in [2.05, 4.69) is 42.6 Å². The maximum absolute atomic E-state index is 2.76. The highest BCUT2D eigenvalue weighted by atomic mass is 15.3. The van der Waals surface area contributed by atoms with E-state index in [0.29, 0.717) is 0 Å². The van der Waals surface area contributed by atoms with Gasteiger partial charge >= 0.3 is 0 Å². The zero-order valence-corrected chi connectivity index (χ0v) is 12.0. The fourth-order valence-corrected chi connectivity index (χ4v) is 3.33. The van der Waals surface area contributed by atoms with E-state index in [0.717, 1.165) is 18.0 Å². The molecule has 0 spiro atoms. The normalized spacial score (nSPS) is 31.2. The summed E-state index contributed by atoms with van der Waals surface area (Å²) in [6.45, 7) is 11.1. The first-order chi connectivity index (χ1) is 8.08. The molecule has 1 atom stereocenters. The molecule has 1 unspecified atom stereocenters. The third kappa shape index (κ3) is 3.21. The Labute approximate surface area is 107 Å². The average molecular weight is 239 g/mol. The van der Waals surface area contributed by atoms with Crippen LogP contribution in [-0.4, -0.2) is 73.6 Å². The van der Waals surface area contributed by atoms with Gasteiger partial charge in [0.25, 0.3) is 0 Å². The van der Waals surface area contributed by atoms with Crippen LogP contribution in [0.4, 0.5) is 0 Å². The van der Waals surface area contributed by atoms with Gasteiger partial charge in [-0.15, -0.1) is 0 Å². The molecule has 2 aliphatic rings. The summed E-state index contributed by atoms with van der Waals surface area (Å²) in [5.74, 6) is 0.772. The van der Waals surface area contributed by atoms with Gasteiger partial charge in [0.15, 0.2) is 0 Å². The van der Waals surface area contributed by atoms with E-state index in [4.69, 9.17) is 0 Å². The number of piperidine rings is 1. The molecule has 100 valence electrons. The van der Waals surface area contributed by atoms with Crippen molar-refractivity contribution in [3.63, 3.8) is 0 Å². The lowest BCUT2D eigenvalue weighted by Gasteiger charge is -2.46. The second kappa shape index (κ2) is 5.68. The van der Waals surface area contributed by atoms with Crippen molar-refractivity contribution in [1.82, 2.24) is 14.7 Å². The second-order valence-corrected chi connectivity index (χ2v) is 6.32. The number of piperazine rings is 1. The molecule has 0 saturated carbocycles. The van der Waals surface area contributed by atoms with Gasteiger partial charge in [-0.25, -0.2) is 0 Å². The fraction of sp³-hybridized carbons (Fsp3) is 1.00. The lowest BCUT2D eigenvalue weighted by atomic mass is 9.96. The number of hydrogen-bond donors (Lipinski definition) is 0. The third-order valence-electron chi connectivity index (χ3n) is 4.70. The summed E-state index contributed by atoms with van der Waals surface area (Å²) >= 11 is 0. The Morgan fingerprint density at radius 2 is 1.59 bits per heavy atom. The van der Waals surface area contributed by atoms with Crippen molar-refractivity contribution < 1.29 is 0 Å². The highest BCUT2D eigenvalue weighted by molar-refractivity contribution is 4.87. The Kier molecular flexibility index (Phi) is 4.45. The second-order valence-electron chi connectivity index (χ2n) is 6.32. The summed E-state index contributed by atoms with van der Waals surface area (Å²) in [4.78, 5) is 7.78. The monoisotopic (exact) mass is 239 g/mol. The number of rotatable bonds is 2. The minimum absolute atomic E-state index is 0.753. The highest BCUT2D eigenvalue weighted by Gasteiger charge is 2.31. The molecule has 0 bridgehead atoms. The Morgan fingerprint density at radius 3 is 2.18 bits per heavy atom. The molecular weight excluding hydrogens is 210 g/mol. The van der Waals surface area contributed by atoms with Gasteiger partial charge in [-0.2, -0.15) is 0 Å². The standard InChI is InChI=1S/C14H29N3/c1-12(2)14-11-17(10-9-16(14)4)13-5-7-15(3)8-6-13/h12-14H,5-11H2,1-4H3. The summed E-state index contributed by atoms with van der Waals surface area (Å²) in [6.07, 6.45) is 2.73. The molecule has 2 aliphatic heterocycles. The van der Waals surface area contributed by atoms with Crippen molar-refractivity contribution >= 4 is 0 Å². The summed E-state index contributed by atoms with van der Waals surface area (Å²) < 4.78 is 0. The van der Waals surface area contributed by atoms with E-state index in [1.807, 2.05) is 0 Å². The predicted octanol–water partition coefficient (Wildman–Crippen LogP) is 1.35. The topological polar surface area (TPSA) is 9.72 Å².